The lowest BCUT2D eigenvalue weighted by Crippen LogP contribution is -2.25. The van der Waals surface area contributed by atoms with Gasteiger partial charge < -0.3 is 9.47 Å². The zero-order valence-corrected chi connectivity index (χ0v) is 7.08. The van der Waals surface area contributed by atoms with Crippen molar-refractivity contribution in [3.8, 4) is 0 Å². The first kappa shape index (κ1) is 7.56. The second-order valence-electron chi connectivity index (χ2n) is 3.61. The van der Waals surface area contributed by atoms with Gasteiger partial charge >= 0.3 is 0 Å². The summed E-state index contributed by atoms with van der Waals surface area (Å²) in [6.07, 6.45) is 6.13. The van der Waals surface area contributed by atoms with Crippen LogP contribution in [0.25, 0.3) is 0 Å². The van der Waals surface area contributed by atoms with Gasteiger partial charge in [0.1, 0.15) is 0 Å². The number of hydrogen-bond donors (Lipinski definition) is 0. The fourth-order valence-corrected chi connectivity index (χ4v) is 2.00. The standard InChI is InChI=1S/C9H16O2/c1-7-4-5-9(11-7)8-3-2-6-10-8/h7-9H,2-6H2,1H3/t7-,8+,9-/m1/s1. The predicted octanol–water partition coefficient (Wildman–Crippen LogP) is 1.73. The summed E-state index contributed by atoms with van der Waals surface area (Å²) in [5.41, 5.74) is 0. The van der Waals surface area contributed by atoms with Crippen LogP contribution in [0.1, 0.15) is 32.6 Å². The quantitative estimate of drug-likeness (QED) is 0.575. The Bertz CT molecular complexity index is 130. The Hall–Kier alpha value is -0.0800. The summed E-state index contributed by atoms with van der Waals surface area (Å²) in [4.78, 5) is 0. The summed E-state index contributed by atoms with van der Waals surface area (Å²) < 4.78 is 11.3. The molecule has 0 aliphatic carbocycles. The van der Waals surface area contributed by atoms with E-state index >= 15 is 0 Å². The highest BCUT2D eigenvalue weighted by molar-refractivity contribution is 4.80. The largest absolute Gasteiger partial charge is 0.376 e. The maximum Gasteiger partial charge on any atom is 0.0841 e. The highest BCUT2D eigenvalue weighted by atomic mass is 16.6. The van der Waals surface area contributed by atoms with Gasteiger partial charge in [-0.1, -0.05) is 0 Å². The fraction of sp³-hybridized carbons (Fsp3) is 1.00. The first-order chi connectivity index (χ1) is 5.36. The molecule has 0 N–H and O–H groups in total. The predicted molar refractivity (Wildman–Crippen MR) is 42.5 cm³/mol. The molecule has 2 nitrogen and oxygen atoms in total. The van der Waals surface area contributed by atoms with E-state index in [2.05, 4.69) is 6.92 Å². The molecule has 2 aliphatic rings. The van der Waals surface area contributed by atoms with Gasteiger partial charge in [-0.2, -0.15) is 0 Å². The van der Waals surface area contributed by atoms with Crippen LogP contribution in [0.15, 0.2) is 0 Å². The molecule has 64 valence electrons. The average Bonchev–Trinajstić information content (AvgIpc) is 2.55. The van der Waals surface area contributed by atoms with Crippen LogP contribution in [-0.2, 0) is 9.47 Å². The molecule has 2 rings (SSSR count). The monoisotopic (exact) mass is 156 g/mol. The van der Waals surface area contributed by atoms with Crippen LogP contribution in [0.5, 0.6) is 0 Å². The van der Waals surface area contributed by atoms with E-state index in [9.17, 15) is 0 Å². The molecule has 2 heteroatoms. The van der Waals surface area contributed by atoms with Crippen LogP contribution in [0, 0.1) is 0 Å². The Kier molecular flexibility index (Phi) is 2.14. The van der Waals surface area contributed by atoms with Gasteiger partial charge in [0.2, 0.25) is 0 Å². The van der Waals surface area contributed by atoms with E-state index in [0.29, 0.717) is 18.3 Å². The van der Waals surface area contributed by atoms with Gasteiger partial charge in [0.25, 0.3) is 0 Å². The second kappa shape index (κ2) is 3.11. The Morgan fingerprint density at radius 3 is 2.55 bits per heavy atom. The van der Waals surface area contributed by atoms with Crippen LogP contribution < -0.4 is 0 Å². The first-order valence-corrected chi connectivity index (χ1v) is 4.63. The normalized spacial score (nSPS) is 45.0. The molecule has 0 bridgehead atoms. The lowest BCUT2D eigenvalue weighted by Gasteiger charge is -2.17. The minimum atomic E-state index is 0.410. The van der Waals surface area contributed by atoms with Crippen LogP contribution in [0.2, 0.25) is 0 Å². The van der Waals surface area contributed by atoms with E-state index in [-0.39, 0.29) is 0 Å². The van der Waals surface area contributed by atoms with E-state index in [4.69, 9.17) is 9.47 Å². The molecular formula is C9H16O2. The Labute approximate surface area is 67.9 Å². The lowest BCUT2D eigenvalue weighted by molar-refractivity contribution is -0.0398. The minimum absolute atomic E-state index is 0.410. The van der Waals surface area contributed by atoms with Crippen molar-refractivity contribution in [3.05, 3.63) is 0 Å². The van der Waals surface area contributed by atoms with Gasteiger partial charge in [0, 0.05) is 6.61 Å². The van der Waals surface area contributed by atoms with Crippen molar-refractivity contribution >= 4 is 0 Å². The molecule has 0 spiro atoms. The molecule has 0 amide bonds. The molecule has 0 aromatic carbocycles. The van der Waals surface area contributed by atoms with E-state index in [1.165, 1.54) is 25.7 Å². The molecular weight excluding hydrogens is 140 g/mol. The summed E-state index contributed by atoms with van der Waals surface area (Å²) in [6.45, 7) is 3.09. The fourth-order valence-electron chi connectivity index (χ4n) is 2.00. The summed E-state index contributed by atoms with van der Waals surface area (Å²) in [5, 5.41) is 0. The molecule has 0 aromatic heterocycles. The van der Waals surface area contributed by atoms with E-state index in [1.54, 1.807) is 0 Å². The van der Waals surface area contributed by atoms with Gasteiger partial charge in [-0.15, -0.1) is 0 Å². The van der Waals surface area contributed by atoms with Gasteiger partial charge in [-0.25, -0.2) is 0 Å². The Morgan fingerprint density at radius 2 is 2.00 bits per heavy atom. The first-order valence-electron chi connectivity index (χ1n) is 4.63. The summed E-state index contributed by atoms with van der Waals surface area (Å²) in [5.74, 6) is 0. The van der Waals surface area contributed by atoms with Crippen molar-refractivity contribution in [2.45, 2.75) is 50.9 Å². The highest BCUT2D eigenvalue weighted by Crippen LogP contribution is 2.28. The van der Waals surface area contributed by atoms with Gasteiger partial charge in [-0.3, -0.25) is 0 Å². The molecule has 2 saturated heterocycles. The van der Waals surface area contributed by atoms with Crippen LogP contribution in [0.3, 0.4) is 0 Å². The topological polar surface area (TPSA) is 18.5 Å². The SMILES string of the molecule is C[C@@H]1CC[C@H]([C@@H]2CCCO2)O1. The van der Waals surface area contributed by atoms with E-state index in [1.807, 2.05) is 0 Å². The molecule has 3 atom stereocenters. The molecule has 0 aromatic rings. The molecule has 2 aliphatic heterocycles. The van der Waals surface area contributed by atoms with Gasteiger partial charge in [0.15, 0.2) is 0 Å². The summed E-state index contributed by atoms with van der Waals surface area (Å²) in [6, 6.07) is 0. The van der Waals surface area contributed by atoms with Crippen LogP contribution >= 0.6 is 0 Å². The molecule has 0 unspecified atom stereocenters. The smallest absolute Gasteiger partial charge is 0.0841 e. The van der Waals surface area contributed by atoms with Crippen molar-refractivity contribution in [1.29, 1.82) is 0 Å². The van der Waals surface area contributed by atoms with Crippen LogP contribution in [0.4, 0.5) is 0 Å². The average molecular weight is 156 g/mol. The highest BCUT2D eigenvalue weighted by Gasteiger charge is 2.31. The molecule has 11 heavy (non-hydrogen) atoms. The molecule has 0 saturated carbocycles. The third kappa shape index (κ3) is 1.57. The van der Waals surface area contributed by atoms with E-state index in [0.717, 1.165) is 6.61 Å². The zero-order valence-electron chi connectivity index (χ0n) is 7.08. The second-order valence-corrected chi connectivity index (χ2v) is 3.61. The maximum absolute atomic E-state index is 5.72. The van der Waals surface area contributed by atoms with Gasteiger partial charge in [-0.05, 0) is 32.6 Å². The maximum atomic E-state index is 5.72. The van der Waals surface area contributed by atoms with Gasteiger partial charge in [0.05, 0.1) is 18.3 Å². The minimum Gasteiger partial charge on any atom is -0.376 e. The van der Waals surface area contributed by atoms with Crippen LogP contribution in [-0.4, -0.2) is 24.9 Å². The summed E-state index contributed by atoms with van der Waals surface area (Å²) in [7, 11) is 0. The molecule has 2 fully saturated rings. The van der Waals surface area contributed by atoms with Crippen molar-refractivity contribution in [2.24, 2.45) is 0 Å². The zero-order chi connectivity index (χ0) is 7.68. The van der Waals surface area contributed by atoms with E-state index < -0.39 is 0 Å². The third-order valence-corrected chi connectivity index (χ3v) is 2.64. The Balaban J connectivity index is 1.85. The molecule has 2 heterocycles. The Morgan fingerprint density at radius 1 is 1.09 bits per heavy atom. The van der Waals surface area contributed by atoms with Crippen molar-refractivity contribution < 1.29 is 9.47 Å². The van der Waals surface area contributed by atoms with Crippen molar-refractivity contribution in [2.75, 3.05) is 6.61 Å². The number of hydrogen-bond acceptors (Lipinski definition) is 2. The number of ether oxygens (including phenoxy) is 2. The lowest BCUT2D eigenvalue weighted by atomic mass is 10.1. The molecule has 0 radical (unpaired) electrons. The van der Waals surface area contributed by atoms with Crippen molar-refractivity contribution in [1.82, 2.24) is 0 Å². The third-order valence-electron chi connectivity index (χ3n) is 2.64. The number of rotatable bonds is 1. The summed E-state index contributed by atoms with van der Waals surface area (Å²) >= 11 is 0. The van der Waals surface area contributed by atoms with Crippen molar-refractivity contribution in [3.63, 3.8) is 0 Å².